The lowest BCUT2D eigenvalue weighted by molar-refractivity contribution is -0.121. The highest BCUT2D eigenvalue weighted by Gasteiger charge is 2.12. The van der Waals surface area contributed by atoms with Crippen LogP contribution in [0, 0.1) is 0 Å². The van der Waals surface area contributed by atoms with Crippen molar-refractivity contribution in [3.05, 3.63) is 99.6 Å². The van der Waals surface area contributed by atoms with Crippen LogP contribution in [0.1, 0.15) is 5.56 Å². The smallest absolute Gasteiger partial charge is 0.260 e. The second kappa shape index (κ2) is 9.62. The normalized spacial score (nSPS) is 11.2. The van der Waals surface area contributed by atoms with Crippen molar-refractivity contribution >= 4 is 49.9 Å². The molecule has 0 bridgehead atoms. The molecule has 0 unspecified atom stereocenters. The maximum atomic E-state index is 12.8. The fourth-order valence-corrected chi connectivity index (χ4v) is 3.98. The molecule has 4 aromatic rings. The molecular formula is C25H20BrN3O3. The van der Waals surface area contributed by atoms with Crippen LogP contribution in [0.4, 0.5) is 0 Å². The van der Waals surface area contributed by atoms with Crippen LogP contribution in [0.3, 0.4) is 0 Å². The third kappa shape index (κ3) is 4.48. The van der Waals surface area contributed by atoms with Crippen LogP contribution in [0.2, 0.25) is 0 Å². The summed E-state index contributed by atoms with van der Waals surface area (Å²) in [4.78, 5) is 25.5. The molecule has 0 aliphatic heterocycles. The highest BCUT2D eigenvalue weighted by atomic mass is 79.9. The number of pyridine rings is 1. The predicted octanol–water partition coefficient (Wildman–Crippen LogP) is 4.63. The highest BCUT2D eigenvalue weighted by molar-refractivity contribution is 9.10. The Bertz CT molecular complexity index is 1350. The summed E-state index contributed by atoms with van der Waals surface area (Å²) in [6, 6.07) is 20.1. The minimum Gasteiger partial charge on any atom is -0.488 e. The van der Waals surface area contributed by atoms with Crippen molar-refractivity contribution < 1.29 is 9.53 Å². The third-order valence-electron chi connectivity index (χ3n) is 4.90. The number of aromatic nitrogens is 1. The number of carbonyl (C=O) groups is 1. The topological polar surface area (TPSA) is 72.7 Å². The lowest BCUT2D eigenvalue weighted by atomic mass is 10.1. The Morgan fingerprint density at radius 2 is 1.72 bits per heavy atom. The molecule has 0 spiro atoms. The zero-order valence-electron chi connectivity index (χ0n) is 17.1. The largest absolute Gasteiger partial charge is 0.488 e. The van der Waals surface area contributed by atoms with Crippen molar-refractivity contribution in [2.45, 2.75) is 6.54 Å². The van der Waals surface area contributed by atoms with Crippen LogP contribution < -0.4 is 15.6 Å². The molecule has 1 heterocycles. The summed E-state index contributed by atoms with van der Waals surface area (Å²) in [7, 11) is 0. The molecule has 4 rings (SSSR count). The first-order valence-corrected chi connectivity index (χ1v) is 10.7. The van der Waals surface area contributed by atoms with Gasteiger partial charge >= 0.3 is 0 Å². The number of amides is 1. The summed E-state index contributed by atoms with van der Waals surface area (Å²) in [6.45, 7) is 4.07. The van der Waals surface area contributed by atoms with Gasteiger partial charge in [0.25, 0.3) is 5.91 Å². The lowest BCUT2D eigenvalue weighted by Gasteiger charge is -2.14. The van der Waals surface area contributed by atoms with Gasteiger partial charge < -0.3 is 9.30 Å². The highest BCUT2D eigenvalue weighted by Crippen LogP contribution is 2.25. The molecule has 0 atom stereocenters. The van der Waals surface area contributed by atoms with E-state index in [1.807, 2.05) is 59.2 Å². The maximum Gasteiger partial charge on any atom is 0.260 e. The Balaban J connectivity index is 1.55. The molecule has 0 saturated heterocycles. The minimum atomic E-state index is -0.301. The standard InChI is InChI=1S/C25H20BrN3O3/c1-2-13-32-23-12-11-17(14-20(23)26)15-27-28-24(30)16-29-21-9-5-3-7-18(21)25(31)19-8-4-6-10-22(19)29/h2-12,14-15H,1,13,16H2,(H,28,30)/b27-15+. The van der Waals surface area contributed by atoms with Gasteiger partial charge in [-0.25, -0.2) is 5.43 Å². The van der Waals surface area contributed by atoms with Gasteiger partial charge in [0, 0.05) is 10.8 Å². The molecule has 0 aliphatic carbocycles. The number of nitrogens with one attached hydrogen (secondary N) is 1. The number of ether oxygens (including phenoxy) is 1. The van der Waals surface area contributed by atoms with E-state index < -0.39 is 0 Å². The molecule has 0 aliphatic rings. The summed E-state index contributed by atoms with van der Waals surface area (Å²) in [5.41, 5.74) is 4.72. The van der Waals surface area contributed by atoms with E-state index in [0.717, 1.165) is 10.0 Å². The van der Waals surface area contributed by atoms with E-state index in [1.165, 1.54) is 0 Å². The lowest BCUT2D eigenvalue weighted by Crippen LogP contribution is -2.25. The molecule has 0 fully saturated rings. The number of fused-ring (bicyclic) bond motifs is 2. The van der Waals surface area contributed by atoms with Gasteiger partial charge in [-0.15, -0.1) is 0 Å². The Kier molecular flexibility index (Phi) is 6.47. The molecule has 1 amide bonds. The van der Waals surface area contributed by atoms with Gasteiger partial charge in [0.05, 0.1) is 21.7 Å². The zero-order valence-corrected chi connectivity index (χ0v) is 18.7. The number of hydrogen-bond donors (Lipinski definition) is 1. The first-order chi connectivity index (χ1) is 15.6. The van der Waals surface area contributed by atoms with Crippen molar-refractivity contribution in [3.63, 3.8) is 0 Å². The van der Waals surface area contributed by atoms with E-state index in [-0.39, 0.29) is 17.9 Å². The average molecular weight is 490 g/mol. The number of carbonyl (C=O) groups excluding carboxylic acids is 1. The van der Waals surface area contributed by atoms with Crippen molar-refractivity contribution in [3.8, 4) is 5.75 Å². The zero-order chi connectivity index (χ0) is 22.5. The van der Waals surface area contributed by atoms with Gasteiger partial charge in [-0.2, -0.15) is 5.10 Å². The number of nitrogens with zero attached hydrogens (tertiary/aromatic N) is 2. The number of halogens is 1. The third-order valence-corrected chi connectivity index (χ3v) is 5.52. The molecule has 32 heavy (non-hydrogen) atoms. The van der Waals surface area contributed by atoms with Gasteiger partial charge in [-0.1, -0.05) is 36.9 Å². The van der Waals surface area contributed by atoms with Crippen LogP contribution in [0.15, 0.2) is 93.8 Å². The van der Waals surface area contributed by atoms with Gasteiger partial charge in [-0.05, 0) is 64.0 Å². The monoisotopic (exact) mass is 489 g/mol. The van der Waals surface area contributed by atoms with Gasteiger partial charge in [0.1, 0.15) is 18.9 Å². The predicted molar refractivity (Wildman–Crippen MR) is 131 cm³/mol. The second-order valence-corrected chi connectivity index (χ2v) is 7.89. The summed E-state index contributed by atoms with van der Waals surface area (Å²) in [5.74, 6) is 0.397. The van der Waals surface area contributed by atoms with Crippen LogP contribution >= 0.6 is 15.9 Å². The Morgan fingerprint density at radius 1 is 1.06 bits per heavy atom. The van der Waals surface area contributed by atoms with Crippen LogP contribution in [0.25, 0.3) is 21.8 Å². The van der Waals surface area contributed by atoms with E-state index in [1.54, 1.807) is 24.4 Å². The van der Waals surface area contributed by atoms with Gasteiger partial charge in [0.2, 0.25) is 0 Å². The number of benzene rings is 3. The van der Waals surface area contributed by atoms with Gasteiger partial charge in [-0.3, -0.25) is 9.59 Å². The molecule has 0 saturated carbocycles. The summed E-state index contributed by atoms with van der Waals surface area (Å²) >= 11 is 3.46. The summed E-state index contributed by atoms with van der Waals surface area (Å²) in [5, 5.41) is 5.22. The Hall–Kier alpha value is -3.71. The van der Waals surface area contributed by atoms with Crippen molar-refractivity contribution in [1.29, 1.82) is 0 Å². The van der Waals surface area contributed by atoms with E-state index in [0.29, 0.717) is 34.2 Å². The fraction of sp³-hybridized carbons (Fsp3) is 0.0800. The number of hydrogen-bond acceptors (Lipinski definition) is 4. The molecule has 160 valence electrons. The van der Waals surface area contributed by atoms with Crippen molar-refractivity contribution in [2.75, 3.05) is 6.61 Å². The molecule has 0 radical (unpaired) electrons. The van der Waals surface area contributed by atoms with Crippen molar-refractivity contribution in [2.24, 2.45) is 5.10 Å². The van der Waals surface area contributed by atoms with Crippen LogP contribution in [-0.4, -0.2) is 23.3 Å². The quantitative estimate of drug-likeness (QED) is 0.178. The Morgan fingerprint density at radius 3 is 2.34 bits per heavy atom. The van der Waals surface area contributed by atoms with Gasteiger partial charge in [0.15, 0.2) is 5.43 Å². The maximum absolute atomic E-state index is 12.8. The fourth-order valence-electron chi connectivity index (χ4n) is 3.47. The molecular weight excluding hydrogens is 470 g/mol. The Labute approximate surface area is 193 Å². The summed E-state index contributed by atoms with van der Waals surface area (Å²) < 4.78 is 8.14. The molecule has 6 nitrogen and oxygen atoms in total. The molecule has 7 heteroatoms. The van der Waals surface area contributed by atoms with Crippen LogP contribution in [0.5, 0.6) is 5.75 Å². The number of rotatable bonds is 7. The average Bonchev–Trinajstić information content (AvgIpc) is 2.81. The molecule has 1 aromatic heterocycles. The van der Waals surface area contributed by atoms with Crippen LogP contribution in [-0.2, 0) is 11.3 Å². The van der Waals surface area contributed by atoms with E-state index in [4.69, 9.17) is 4.74 Å². The SMILES string of the molecule is C=CCOc1ccc(/C=N/NC(=O)Cn2c3ccccc3c(=O)c3ccccc32)cc1Br. The summed E-state index contributed by atoms with van der Waals surface area (Å²) in [6.07, 6.45) is 3.23. The first-order valence-electron chi connectivity index (χ1n) is 9.94. The van der Waals surface area contributed by atoms with Crippen molar-refractivity contribution in [1.82, 2.24) is 9.99 Å². The first kappa shape index (κ1) is 21.5. The molecule has 3 aromatic carbocycles. The minimum absolute atomic E-state index is 0.0245. The second-order valence-electron chi connectivity index (χ2n) is 7.03. The van der Waals surface area contributed by atoms with E-state index in [2.05, 4.69) is 33.0 Å². The number of hydrazone groups is 1. The van der Waals surface area contributed by atoms with E-state index >= 15 is 0 Å². The molecule has 1 N–H and O–H groups in total. The number of para-hydroxylation sites is 2. The van der Waals surface area contributed by atoms with E-state index in [9.17, 15) is 9.59 Å².